The van der Waals surface area contributed by atoms with Crippen molar-refractivity contribution in [1.29, 1.82) is 0 Å². The van der Waals surface area contributed by atoms with Crippen LogP contribution in [-0.2, 0) is 65.4 Å². The monoisotopic (exact) mass is 1410 g/mol. The zero-order valence-corrected chi connectivity index (χ0v) is 64.6. The van der Waals surface area contributed by atoms with Crippen molar-refractivity contribution in [2.24, 2.45) is 17.8 Å². The molecular formula is C77H150O17P2. The highest BCUT2D eigenvalue weighted by Crippen LogP contribution is 2.45. The summed E-state index contributed by atoms with van der Waals surface area (Å²) >= 11 is 0. The Hall–Kier alpha value is -1.94. The van der Waals surface area contributed by atoms with Crippen LogP contribution in [0.15, 0.2) is 0 Å². The Labute approximate surface area is 588 Å². The molecule has 3 unspecified atom stereocenters. The maximum Gasteiger partial charge on any atom is 0.472 e. The molecule has 0 rings (SSSR count). The van der Waals surface area contributed by atoms with Crippen LogP contribution in [0.25, 0.3) is 0 Å². The molecule has 0 fully saturated rings. The van der Waals surface area contributed by atoms with Gasteiger partial charge in [0, 0.05) is 25.7 Å². The first-order valence-corrected chi connectivity index (χ1v) is 42.9. The Morgan fingerprint density at radius 1 is 0.302 bits per heavy atom. The number of carbonyl (C=O) groups excluding carboxylic acids is 4. The van der Waals surface area contributed by atoms with Crippen LogP contribution in [0.4, 0.5) is 0 Å². The SMILES string of the molecule is CCCCCCCCCCCC(=O)OC[C@H](COP(=O)(O)OC[C@H](O)COP(=O)(O)OC[C@@H](COC(=O)CCCCCCCCCCCCCC(C)C)OC(=O)CCCCCCCCCCCCCCCCCCCCC(C)C)OC(=O)CCCCCCCCCCC(C)CC. The highest BCUT2D eigenvalue weighted by Gasteiger charge is 2.30. The maximum atomic E-state index is 13.1. The van der Waals surface area contributed by atoms with Crippen molar-refractivity contribution < 1.29 is 80.2 Å². The van der Waals surface area contributed by atoms with Crippen molar-refractivity contribution in [1.82, 2.24) is 0 Å². The molecular weight excluding hydrogens is 1260 g/mol. The van der Waals surface area contributed by atoms with E-state index in [1.807, 2.05) is 0 Å². The van der Waals surface area contributed by atoms with Crippen molar-refractivity contribution in [2.45, 2.75) is 414 Å². The fourth-order valence-electron chi connectivity index (χ4n) is 11.7. The van der Waals surface area contributed by atoms with Crippen LogP contribution in [-0.4, -0.2) is 96.7 Å². The second-order valence-electron chi connectivity index (χ2n) is 28.9. The fourth-order valence-corrected chi connectivity index (χ4v) is 13.3. The molecule has 0 heterocycles. The van der Waals surface area contributed by atoms with E-state index < -0.39 is 97.5 Å². The molecule has 96 heavy (non-hydrogen) atoms. The van der Waals surface area contributed by atoms with E-state index in [0.29, 0.717) is 25.7 Å². The van der Waals surface area contributed by atoms with Gasteiger partial charge in [-0.25, -0.2) is 9.13 Å². The number of aliphatic hydroxyl groups is 1. The smallest absolute Gasteiger partial charge is 0.462 e. The highest BCUT2D eigenvalue weighted by molar-refractivity contribution is 7.47. The van der Waals surface area contributed by atoms with E-state index in [4.69, 9.17) is 37.0 Å². The topological polar surface area (TPSA) is 237 Å². The Kier molecular flexibility index (Phi) is 66.2. The summed E-state index contributed by atoms with van der Waals surface area (Å²) in [4.78, 5) is 72.8. The lowest BCUT2D eigenvalue weighted by Crippen LogP contribution is -2.30. The summed E-state index contributed by atoms with van der Waals surface area (Å²) in [6.07, 6.45) is 54.1. The largest absolute Gasteiger partial charge is 0.472 e. The average molecular weight is 1410 g/mol. The summed E-state index contributed by atoms with van der Waals surface area (Å²) < 4.78 is 68.5. The van der Waals surface area contributed by atoms with Crippen LogP contribution < -0.4 is 0 Å². The molecule has 0 amide bonds. The van der Waals surface area contributed by atoms with E-state index in [-0.39, 0.29) is 25.7 Å². The van der Waals surface area contributed by atoms with E-state index in [1.54, 1.807) is 0 Å². The minimum atomic E-state index is -4.96. The third-order valence-corrected chi connectivity index (χ3v) is 20.1. The standard InChI is InChI=1S/C77H150O17P2/c1-8-10-11-12-13-27-37-44-51-58-74(79)87-64-73(94-77(82)61-54-47-40-33-32-36-43-50-57-70(7)9-2)67-92-96(85,86)90-63-71(78)62-89-95(83,84)91-66-72(65-88-75(80)59-52-45-38-30-26-22-24-29-35-42-49-56-69(5)6)93-76(81)60-53-46-39-31-25-21-19-17-15-14-16-18-20-23-28-34-41-48-55-68(3)4/h68-73,78H,8-67H2,1-7H3,(H,83,84)(H,85,86)/t70?,71-,72-,73-/m1/s1. The molecule has 0 saturated carbocycles. The molecule has 0 aliphatic heterocycles. The van der Waals surface area contributed by atoms with Gasteiger partial charge in [-0.15, -0.1) is 0 Å². The highest BCUT2D eigenvalue weighted by atomic mass is 31.2. The lowest BCUT2D eigenvalue weighted by molar-refractivity contribution is -0.161. The molecule has 0 bridgehead atoms. The van der Waals surface area contributed by atoms with Crippen LogP contribution in [0.2, 0.25) is 0 Å². The minimum absolute atomic E-state index is 0.105. The van der Waals surface area contributed by atoms with Crippen molar-refractivity contribution >= 4 is 39.5 Å². The molecule has 6 atom stereocenters. The minimum Gasteiger partial charge on any atom is -0.462 e. The quantitative estimate of drug-likeness (QED) is 0.0222. The number of carbonyl (C=O) groups is 4. The summed E-state index contributed by atoms with van der Waals surface area (Å²) in [5, 5.41) is 10.6. The zero-order chi connectivity index (χ0) is 70.9. The number of unbranched alkanes of at least 4 members (excludes halogenated alkanes) is 42. The Morgan fingerprint density at radius 2 is 0.531 bits per heavy atom. The number of rotatable bonds is 75. The van der Waals surface area contributed by atoms with E-state index in [2.05, 4.69) is 48.5 Å². The average Bonchev–Trinajstić information content (AvgIpc) is 1.20. The molecule has 570 valence electrons. The summed E-state index contributed by atoms with van der Waals surface area (Å²) in [5.74, 6) is 0.242. The van der Waals surface area contributed by atoms with Gasteiger partial charge < -0.3 is 33.8 Å². The van der Waals surface area contributed by atoms with Crippen LogP contribution >= 0.6 is 15.6 Å². The van der Waals surface area contributed by atoms with Gasteiger partial charge in [-0.3, -0.25) is 37.3 Å². The molecule has 0 aliphatic carbocycles. The predicted octanol–water partition coefficient (Wildman–Crippen LogP) is 22.6. The number of phosphoric acid groups is 2. The van der Waals surface area contributed by atoms with E-state index in [9.17, 15) is 43.2 Å². The van der Waals surface area contributed by atoms with E-state index >= 15 is 0 Å². The summed E-state index contributed by atoms with van der Waals surface area (Å²) in [6, 6.07) is 0. The van der Waals surface area contributed by atoms with E-state index in [1.165, 1.54) is 205 Å². The van der Waals surface area contributed by atoms with Gasteiger partial charge in [0.05, 0.1) is 26.4 Å². The molecule has 0 radical (unpaired) electrons. The molecule has 0 aromatic heterocycles. The molecule has 19 heteroatoms. The van der Waals surface area contributed by atoms with Gasteiger partial charge in [0.25, 0.3) is 0 Å². The van der Waals surface area contributed by atoms with Gasteiger partial charge in [0.15, 0.2) is 12.2 Å². The lowest BCUT2D eigenvalue weighted by atomic mass is 9.99. The van der Waals surface area contributed by atoms with Crippen molar-refractivity contribution in [3.63, 3.8) is 0 Å². The van der Waals surface area contributed by atoms with Gasteiger partial charge in [-0.1, -0.05) is 344 Å². The third kappa shape index (κ3) is 69.2. The van der Waals surface area contributed by atoms with Crippen LogP contribution in [0.3, 0.4) is 0 Å². The zero-order valence-electron chi connectivity index (χ0n) is 62.8. The van der Waals surface area contributed by atoms with Crippen molar-refractivity contribution in [3.8, 4) is 0 Å². The van der Waals surface area contributed by atoms with Crippen molar-refractivity contribution in [3.05, 3.63) is 0 Å². The molecule has 3 N–H and O–H groups in total. The first kappa shape index (κ1) is 94.1. The summed E-state index contributed by atoms with van der Waals surface area (Å²) in [5.41, 5.74) is 0. The van der Waals surface area contributed by atoms with Gasteiger partial charge in [0.1, 0.15) is 19.3 Å². The molecule has 17 nitrogen and oxygen atoms in total. The Bertz CT molecular complexity index is 1870. The number of ether oxygens (including phenoxy) is 4. The maximum absolute atomic E-state index is 13.1. The predicted molar refractivity (Wildman–Crippen MR) is 391 cm³/mol. The van der Waals surface area contributed by atoms with E-state index in [0.717, 1.165) is 108 Å². The molecule has 0 aromatic rings. The Balaban J connectivity index is 5.20. The van der Waals surface area contributed by atoms with Gasteiger partial charge in [0.2, 0.25) is 0 Å². The summed E-state index contributed by atoms with van der Waals surface area (Å²) in [6.45, 7) is 11.9. The van der Waals surface area contributed by atoms with Crippen LogP contribution in [0.1, 0.15) is 395 Å². The number of hydrogen-bond acceptors (Lipinski definition) is 15. The fraction of sp³-hybridized carbons (Fsp3) is 0.948. The third-order valence-electron chi connectivity index (χ3n) is 18.2. The molecule has 0 aliphatic rings. The number of aliphatic hydroxyl groups excluding tert-OH is 1. The first-order valence-electron chi connectivity index (χ1n) is 39.9. The summed E-state index contributed by atoms with van der Waals surface area (Å²) in [7, 11) is -9.91. The van der Waals surface area contributed by atoms with Crippen molar-refractivity contribution in [2.75, 3.05) is 39.6 Å². The normalized spacial score (nSPS) is 14.3. The van der Waals surface area contributed by atoms with Crippen LogP contribution in [0.5, 0.6) is 0 Å². The van der Waals surface area contributed by atoms with Gasteiger partial charge >= 0.3 is 39.5 Å². The van der Waals surface area contributed by atoms with Gasteiger partial charge in [-0.2, -0.15) is 0 Å². The molecule has 0 spiro atoms. The lowest BCUT2D eigenvalue weighted by Gasteiger charge is -2.21. The Morgan fingerprint density at radius 3 is 0.792 bits per heavy atom. The second kappa shape index (κ2) is 67.5. The number of hydrogen-bond donors (Lipinski definition) is 3. The second-order valence-corrected chi connectivity index (χ2v) is 31.8. The van der Waals surface area contributed by atoms with Crippen LogP contribution in [0, 0.1) is 17.8 Å². The number of phosphoric ester groups is 2. The first-order chi connectivity index (χ1) is 46.3. The number of esters is 4. The van der Waals surface area contributed by atoms with Gasteiger partial charge in [-0.05, 0) is 43.4 Å². The molecule has 0 aromatic carbocycles. The molecule has 0 saturated heterocycles.